The van der Waals surface area contributed by atoms with Crippen molar-refractivity contribution in [1.29, 1.82) is 0 Å². The van der Waals surface area contributed by atoms with Crippen molar-refractivity contribution in [2.24, 2.45) is 0 Å². The fraction of sp³-hybridized carbons (Fsp3) is 0.125. The van der Waals surface area contributed by atoms with Crippen molar-refractivity contribution in [2.75, 3.05) is 0 Å². The van der Waals surface area contributed by atoms with Gasteiger partial charge in [0.15, 0.2) is 5.78 Å². The first-order chi connectivity index (χ1) is 6.00. The third-order valence-electron chi connectivity index (χ3n) is 1.54. The number of aliphatic carboxylic acids is 2. The van der Waals surface area contributed by atoms with Gasteiger partial charge >= 0.3 is 103 Å². The van der Waals surface area contributed by atoms with Crippen LogP contribution in [0.3, 0.4) is 0 Å². The Morgan fingerprint density at radius 2 is 1.33 bits per heavy atom. The third kappa shape index (κ3) is 6.01. The molecule has 0 N–H and O–H groups in total. The number of carbonyl (C=O) groups excluding carboxylic acids is 3. The minimum atomic E-state index is -1.54. The predicted molar refractivity (Wildman–Crippen MR) is 35.8 cm³/mol. The first-order valence-electron chi connectivity index (χ1n) is 3.38. The zero-order chi connectivity index (χ0) is 10.0. The molecule has 0 spiro atoms. The Morgan fingerprint density at radius 1 is 1.00 bits per heavy atom. The first-order valence-corrected chi connectivity index (χ1v) is 3.38. The summed E-state index contributed by atoms with van der Waals surface area (Å²) >= 11 is 0. The Balaban J connectivity index is 0. The maximum atomic E-state index is 10.8. The van der Waals surface area contributed by atoms with Crippen LogP contribution in [-0.2, 0) is 14.4 Å². The summed E-state index contributed by atoms with van der Waals surface area (Å²) in [6, 6.07) is 0. The molecule has 7 heteroatoms. The van der Waals surface area contributed by atoms with Gasteiger partial charge in [0.05, 0.1) is 11.9 Å². The fourth-order valence-electron chi connectivity index (χ4n) is 0.955. The molecule has 15 heavy (non-hydrogen) atoms. The standard InChI is InChI=1S/C8H6O5.2K/c9-6-2-4(7(10)11)1-5(3-6)8(12)13;;/h2-3H,1H2,(H,10,11)(H,12,13);;/q;2*+1/p-2. The number of carbonyl (C=O) groups is 3. The van der Waals surface area contributed by atoms with Crippen molar-refractivity contribution in [3.05, 3.63) is 23.3 Å². The van der Waals surface area contributed by atoms with Crippen LogP contribution in [0.15, 0.2) is 23.3 Å². The van der Waals surface area contributed by atoms with Gasteiger partial charge in [-0.2, -0.15) is 0 Å². The maximum Gasteiger partial charge on any atom is 1.00 e. The van der Waals surface area contributed by atoms with E-state index in [1.165, 1.54) is 0 Å². The van der Waals surface area contributed by atoms with Crippen LogP contribution in [-0.4, -0.2) is 17.7 Å². The van der Waals surface area contributed by atoms with Crippen molar-refractivity contribution >= 4 is 17.7 Å². The first kappa shape index (κ1) is 18.7. The van der Waals surface area contributed by atoms with E-state index in [4.69, 9.17) is 0 Å². The summed E-state index contributed by atoms with van der Waals surface area (Å²) in [5.41, 5.74) is -0.682. The van der Waals surface area contributed by atoms with Crippen LogP contribution in [0.25, 0.3) is 0 Å². The number of ketones is 1. The van der Waals surface area contributed by atoms with E-state index in [1.54, 1.807) is 0 Å². The molecular formula is C8H4K2O5. The second-order valence-electron chi connectivity index (χ2n) is 2.49. The van der Waals surface area contributed by atoms with Crippen LogP contribution in [0.2, 0.25) is 0 Å². The van der Waals surface area contributed by atoms with E-state index < -0.39 is 17.7 Å². The fourth-order valence-corrected chi connectivity index (χ4v) is 0.955. The molecule has 0 saturated carbocycles. The van der Waals surface area contributed by atoms with E-state index in [0.717, 1.165) is 12.2 Å². The Kier molecular flexibility index (Phi) is 10.5. The minimum Gasteiger partial charge on any atom is -0.545 e. The van der Waals surface area contributed by atoms with E-state index in [-0.39, 0.29) is 120 Å². The zero-order valence-corrected chi connectivity index (χ0v) is 14.6. The van der Waals surface area contributed by atoms with Gasteiger partial charge in [-0.05, 0) is 23.3 Å². The molecule has 0 aliphatic heterocycles. The van der Waals surface area contributed by atoms with Gasteiger partial charge in [0.25, 0.3) is 0 Å². The summed E-state index contributed by atoms with van der Waals surface area (Å²) in [6.45, 7) is 0. The van der Waals surface area contributed by atoms with E-state index in [0.29, 0.717) is 0 Å². The summed E-state index contributed by atoms with van der Waals surface area (Å²) in [4.78, 5) is 31.3. The second kappa shape index (κ2) is 8.45. The molecule has 0 amide bonds. The van der Waals surface area contributed by atoms with Crippen LogP contribution in [0, 0.1) is 0 Å². The van der Waals surface area contributed by atoms with Gasteiger partial charge in [0, 0.05) is 6.42 Å². The second-order valence-corrected chi connectivity index (χ2v) is 2.49. The van der Waals surface area contributed by atoms with Crippen molar-refractivity contribution in [1.82, 2.24) is 0 Å². The summed E-state index contributed by atoms with van der Waals surface area (Å²) in [6.07, 6.45) is 1.33. The van der Waals surface area contributed by atoms with Crippen molar-refractivity contribution in [2.45, 2.75) is 6.42 Å². The smallest absolute Gasteiger partial charge is 0.545 e. The van der Waals surface area contributed by atoms with Gasteiger partial charge in [-0.3, -0.25) is 4.79 Å². The van der Waals surface area contributed by atoms with Crippen molar-refractivity contribution < 1.29 is 127 Å². The Labute approximate surface area is 171 Å². The topological polar surface area (TPSA) is 97.3 Å². The maximum absolute atomic E-state index is 10.8. The molecule has 0 saturated heterocycles. The van der Waals surface area contributed by atoms with Gasteiger partial charge in [0.1, 0.15) is 0 Å². The van der Waals surface area contributed by atoms with E-state index in [1.807, 2.05) is 0 Å². The molecule has 0 radical (unpaired) electrons. The van der Waals surface area contributed by atoms with Crippen LogP contribution in [0.4, 0.5) is 0 Å². The molecule has 68 valence electrons. The molecule has 1 aliphatic carbocycles. The number of hydrogen-bond donors (Lipinski definition) is 0. The monoisotopic (exact) mass is 258 g/mol. The third-order valence-corrected chi connectivity index (χ3v) is 1.54. The Hall–Kier alpha value is 1.36. The van der Waals surface area contributed by atoms with Crippen LogP contribution >= 0.6 is 0 Å². The molecule has 5 nitrogen and oxygen atoms in total. The molecule has 0 aromatic rings. The SMILES string of the molecule is O=C1C=C(C(=O)[O-])CC(C(=O)[O-])=C1.[K+].[K+]. The summed E-state index contributed by atoms with van der Waals surface area (Å²) < 4.78 is 0. The van der Waals surface area contributed by atoms with Gasteiger partial charge in [0.2, 0.25) is 0 Å². The predicted octanol–water partition coefficient (Wildman–Crippen LogP) is -8.68. The number of carboxylic acids is 2. The zero-order valence-electron chi connectivity index (χ0n) is 8.40. The summed E-state index contributed by atoms with van der Waals surface area (Å²) in [5.74, 6) is -3.76. The molecule has 0 unspecified atom stereocenters. The van der Waals surface area contributed by atoms with Gasteiger partial charge in [-0.25, -0.2) is 0 Å². The summed E-state index contributed by atoms with van der Waals surface area (Å²) in [7, 11) is 0. The molecule has 1 rings (SSSR count). The van der Waals surface area contributed by atoms with Crippen LogP contribution in [0.1, 0.15) is 6.42 Å². The van der Waals surface area contributed by atoms with E-state index in [9.17, 15) is 24.6 Å². The number of allylic oxidation sites excluding steroid dienone is 2. The van der Waals surface area contributed by atoms with Crippen molar-refractivity contribution in [3.63, 3.8) is 0 Å². The molecule has 0 heterocycles. The average molecular weight is 258 g/mol. The summed E-state index contributed by atoms with van der Waals surface area (Å²) in [5, 5.41) is 20.6. The molecule has 0 atom stereocenters. The molecule has 0 aromatic heterocycles. The number of carboxylic acid groups (broad SMARTS) is 2. The van der Waals surface area contributed by atoms with E-state index in [2.05, 4.69) is 0 Å². The number of rotatable bonds is 2. The normalized spacial score (nSPS) is 14.0. The van der Waals surface area contributed by atoms with Crippen LogP contribution < -0.4 is 113 Å². The largest absolute Gasteiger partial charge is 1.00 e. The van der Waals surface area contributed by atoms with Gasteiger partial charge < -0.3 is 19.8 Å². The molecule has 0 fully saturated rings. The average Bonchev–Trinajstić information content (AvgIpc) is 2.03. The molecule has 1 aliphatic rings. The molecule has 0 aromatic carbocycles. The Bertz CT molecular complexity index is 324. The quantitative estimate of drug-likeness (QED) is 0.458. The Morgan fingerprint density at radius 3 is 1.60 bits per heavy atom. The van der Waals surface area contributed by atoms with E-state index >= 15 is 0 Å². The molecular weight excluding hydrogens is 254 g/mol. The van der Waals surface area contributed by atoms with Crippen LogP contribution in [0.5, 0.6) is 0 Å². The molecule has 0 bridgehead atoms. The van der Waals surface area contributed by atoms with Gasteiger partial charge in [-0.15, -0.1) is 0 Å². The minimum absolute atomic E-state index is 0. The number of hydrogen-bond acceptors (Lipinski definition) is 5. The van der Waals surface area contributed by atoms with Gasteiger partial charge in [-0.1, -0.05) is 0 Å². The van der Waals surface area contributed by atoms with Crippen molar-refractivity contribution in [3.8, 4) is 0 Å².